The van der Waals surface area contributed by atoms with Crippen molar-refractivity contribution in [3.05, 3.63) is 51.6 Å². The predicted molar refractivity (Wildman–Crippen MR) is 135 cm³/mol. The van der Waals surface area contributed by atoms with Crippen LogP contribution in [0.25, 0.3) is 0 Å². The fraction of sp³-hybridized carbons (Fsp3) is 0.464. The summed E-state index contributed by atoms with van der Waals surface area (Å²) in [6.07, 6.45) is -3.11. The Hall–Kier alpha value is -3.35. The molecule has 6 atom stereocenters. The van der Waals surface area contributed by atoms with E-state index in [2.05, 4.69) is 0 Å². The Morgan fingerprint density at radius 3 is 2.46 bits per heavy atom. The number of ether oxygens (including phenoxy) is 3. The monoisotopic (exact) mass is 541 g/mol. The summed E-state index contributed by atoms with van der Waals surface area (Å²) in [5.41, 5.74) is 2.91. The number of fused-ring (bicyclic) bond motifs is 3. The van der Waals surface area contributed by atoms with Gasteiger partial charge in [-0.1, -0.05) is 19.1 Å². The zero-order chi connectivity index (χ0) is 28.4. The first-order chi connectivity index (χ1) is 18.4. The van der Waals surface area contributed by atoms with E-state index < -0.39 is 77.4 Å². The molecule has 1 saturated heterocycles. The minimum Gasteiger partial charge on any atom is -0.507 e. The van der Waals surface area contributed by atoms with E-state index in [9.17, 15) is 34.8 Å². The van der Waals surface area contributed by atoms with Gasteiger partial charge in [0, 0.05) is 42.0 Å². The van der Waals surface area contributed by atoms with E-state index in [1.807, 2.05) is 13.8 Å². The van der Waals surface area contributed by atoms with Gasteiger partial charge in [0.25, 0.3) is 0 Å². The van der Waals surface area contributed by atoms with Gasteiger partial charge in [0.1, 0.15) is 29.5 Å². The second-order valence-corrected chi connectivity index (χ2v) is 10.5. The van der Waals surface area contributed by atoms with Gasteiger partial charge in [-0.2, -0.15) is 0 Å². The van der Waals surface area contributed by atoms with E-state index in [-0.39, 0.29) is 52.5 Å². The normalized spacial score (nSPS) is 29.8. The lowest BCUT2D eigenvalue weighted by Gasteiger charge is -2.42. The molecule has 0 unspecified atom stereocenters. The summed E-state index contributed by atoms with van der Waals surface area (Å²) in [5, 5.41) is 43.7. The molecule has 5 rings (SSSR count). The summed E-state index contributed by atoms with van der Waals surface area (Å²) in [7, 11) is 1.34. The number of aliphatic hydroxyl groups is 2. The molecule has 0 amide bonds. The van der Waals surface area contributed by atoms with Crippen molar-refractivity contribution < 1.29 is 49.0 Å². The van der Waals surface area contributed by atoms with Crippen LogP contribution in [0, 0.1) is 5.92 Å². The van der Waals surface area contributed by atoms with Crippen molar-refractivity contribution in [2.24, 2.45) is 11.7 Å². The van der Waals surface area contributed by atoms with Gasteiger partial charge >= 0.3 is 0 Å². The topological polar surface area (TPSA) is 186 Å². The molecular weight excluding hydrogens is 510 g/mol. The molecule has 0 saturated carbocycles. The number of benzene rings is 2. The molecule has 11 heteroatoms. The smallest absolute Gasteiger partial charge is 0.202 e. The van der Waals surface area contributed by atoms with Crippen molar-refractivity contribution >= 4 is 17.3 Å². The van der Waals surface area contributed by atoms with E-state index in [0.717, 1.165) is 0 Å². The number of hydrogen-bond donors (Lipinski definition) is 5. The summed E-state index contributed by atoms with van der Waals surface area (Å²) in [6.45, 7) is 2.78. The van der Waals surface area contributed by atoms with Gasteiger partial charge in [-0.3, -0.25) is 14.4 Å². The molecule has 1 heterocycles. The van der Waals surface area contributed by atoms with Crippen molar-refractivity contribution in [1.82, 2.24) is 0 Å². The quantitative estimate of drug-likeness (QED) is 0.293. The fourth-order valence-corrected chi connectivity index (χ4v) is 5.87. The Balaban J connectivity index is 1.69. The number of ketones is 3. The summed E-state index contributed by atoms with van der Waals surface area (Å²) in [5.74, 6) is -3.53. The van der Waals surface area contributed by atoms with Crippen molar-refractivity contribution in [1.29, 1.82) is 0 Å². The lowest BCUT2D eigenvalue weighted by Crippen LogP contribution is -2.50. The van der Waals surface area contributed by atoms with Crippen LogP contribution in [0.2, 0.25) is 0 Å². The molecule has 0 aromatic heterocycles. The largest absolute Gasteiger partial charge is 0.507 e. The molecule has 0 bridgehead atoms. The van der Waals surface area contributed by atoms with Crippen molar-refractivity contribution in [3.8, 4) is 17.2 Å². The van der Waals surface area contributed by atoms with Crippen molar-refractivity contribution in [3.63, 3.8) is 0 Å². The highest BCUT2D eigenvalue weighted by Crippen LogP contribution is 2.52. The number of aliphatic hydroxyl groups excluding tert-OH is 1. The van der Waals surface area contributed by atoms with E-state index in [1.165, 1.54) is 25.3 Å². The van der Waals surface area contributed by atoms with Gasteiger partial charge in [0.15, 0.2) is 17.9 Å². The molecule has 2 aliphatic carbocycles. The maximum Gasteiger partial charge on any atom is 0.202 e. The third kappa shape index (κ3) is 4.12. The number of hydrogen-bond acceptors (Lipinski definition) is 11. The van der Waals surface area contributed by atoms with Gasteiger partial charge in [0.2, 0.25) is 5.78 Å². The van der Waals surface area contributed by atoms with Crippen LogP contribution in [0.1, 0.15) is 75.8 Å². The van der Waals surface area contributed by atoms with E-state index in [1.54, 1.807) is 0 Å². The molecule has 1 fully saturated rings. The van der Waals surface area contributed by atoms with Crippen LogP contribution in [0.15, 0.2) is 18.2 Å². The van der Waals surface area contributed by atoms with Crippen LogP contribution in [0.3, 0.4) is 0 Å². The van der Waals surface area contributed by atoms with E-state index >= 15 is 0 Å². The van der Waals surface area contributed by atoms with E-state index in [0.29, 0.717) is 0 Å². The number of carbonyl (C=O) groups is 3. The number of aromatic hydroxyl groups is 2. The first kappa shape index (κ1) is 27.2. The molecule has 0 spiro atoms. The van der Waals surface area contributed by atoms with E-state index in [4.69, 9.17) is 19.9 Å². The first-order valence-electron chi connectivity index (χ1n) is 12.7. The Kier molecular flexibility index (Phi) is 6.76. The number of rotatable bonds is 5. The van der Waals surface area contributed by atoms with Gasteiger partial charge in [0.05, 0.1) is 36.0 Å². The zero-order valence-electron chi connectivity index (χ0n) is 21.8. The van der Waals surface area contributed by atoms with Crippen LogP contribution < -0.4 is 10.5 Å². The highest BCUT2D eigenvalue weighted by molar-refractivity contribution is 6.31. The van der Waals surface area contributed by atoms with Gasteiger partial charge in [-0.15, -0.1) is 0 Å². The first-order valence-corrected chi connectivity index (χ1v) is 12.7. The number of carbonyl (C=O) groups excluding carboxylic acids is 3. The molecule has 11 nitrogen and oxygen atoms in total. The summed E-state index contributed by atoms with van der Waals surface area (Å²) in [6, 6.07) is 4.14. The minimum atomic E-state index is -2.19. The number of nitrogens with two attached hydrogens (primary N) is 1. The van der Waals surface area contributed by atoms with Crippen molar-refractivity contribution in [2.45, 2.75) is 63.3 Å². The Labute approximate surface area is 224 Å². The number of phenolic OH excluding ortho intramolecular Hbond substituents is 2. The highest BCUT2D eigenvalue weighted by Gasteiger charge is 2.50. The molecule has 3 aliphatic rings. The fourth-order valence-electron chi connectivity index (χ4n) is 5.87. The van der Waals surface area contributed by atoms with Crippen LogP contribution in [0.4, 0.5) is 0 Å². The second-order valence-electron chi connectivity index (χ2n) is 10.5. The minimum absolute atomic E-state index is 0.0274. The Bertz CT molecular complexity index is 1380. The average molecular weight is 542 g/mol. The third-order valence-electron chi connectivity index (χ3n) is 8.30. The van der Waals surface area contributed by atoms with Gasteiger partial charge < -0.3 is 40.4 Å². The van der Waals surface area contributed by atoms with Gasteiger partial charge in [-0.05, 0) is 18.9 Å². The molecule has 1 aliphatic heterocycles. The third-order valence-corrected chi connectivity index (χ3v) is 8.30. The summed E-state index contributed by atoms with van der Waals surface area (Å²) in [4.78, 5) is 39.8. The van der Waals surface area contributed by atoms with Crippen LogP contribution in [-0.4, -0.2) is 75.5 Å². The summed E-state index contributed by atoms with van der Waals surface area (Å²) < 4.78 is 17.4. The maximum atomic E-state index is 13.7. The van der Waals surface area contributed by atoms with Crippen LogP contribution >= 0.6 is 0 Å². The number of methoxy groups -OCH3 is 1. The second kappa shape index (κ2) is 9.68. The highest BCUT2D eigenvalue weighted by atomic mass is 16.7. The molecule has 39 heavy (non-hydrogen) atoms. The summed E-state index contributed by atoms with van der Waals surface area (Å²) >= 11 is 0. The lowest BCUT2D eigenvalue weighted by molar-refractivity contribution is -0.236. The molecule has 2 aromatic rings. The van der Waals surface area contributed by atoms with Crippen LogP contribution in [-0.2, 0) is 20.7 Å². The lowest BCUT2D eigenvalue weighted by atomic mass is 9.72. The SMILES string of the molecule is COc1cccc2c1C(=O)c1c(O)c3c(c(O)c1C2=O)C[C@@](O)(C(=O)CO)C[C@@H]3O[C@@H]1C[C@H](N)[C@@H](C)[C@H](C)O1. The molecule has 2 aromatic carbocycles. The molecular formula is C28H31NO10. The maximum absolute atomic E-state index is 13.7. The Morgan fingerprint density at radius 1 is 1.13 bits per heavy atom. The predicted octanol–water partition coefficient (Wildman–Crippen LogP) is 1.28. The zero-order valence-corrected chi connectivity index (χ0v) is 21.8. The molecule has 0 radical (unpaired) electrons. The van der Waals surface area contributed by atoms with Crippen LogP contribution in [0.5, 0.6) is 17.2 Å². The number of phenols is 2. The van der Waals surface area contributed by atoms with Gasteiger partial charge in [-0.25, -0.2) is 0 Å². The number of Topliss-reactive ketones (excluding diaryl/α,β-unsaturated/α-hetero) is 1. The molecule has 208 valence electrons. The molecule has 6 N–H and O–H groups in total. The van der Waals surface area contributed by atoms with Crippen molar-refractivity contribution in [2.75, 3.05) is 13.7 Å². The Morgan fingerprint density at radius 2 is 1.82 bits per heavy atom. The standard InChI is InChI=1S/C28H31NO10/c1-11-12(2)38-19(7-15(11)29)39-17-9-28(36,18(31)10-30)8-14-21(17)27(35)23-22(25(14)33)24(32)13-5-4-6-16(37-3)20(13)26(23)34/h4-6,11-12,15,17,19,30,33,35-36H,7-10,29H2,1-3H3/t11-,12-,15-,17-,19+,28-/m0/s1. The average Bonchev–Trinajstić information content (AvgIpc) is 2.90.